The molecule has 0 unspecified atom stereocenters. The summed E-state index contributed by atoms with van der Waals surface area (Å²) in [6, 6.07) is 2.09. The van der Waals surface area contributed by atoms with Gasteiger partial charge in [0.1, 0.15) is 0 Å². The summed E-state index contributed by atoms with van der Waals surface area (Å²) in [5.41, 5.74) is 0. The van der Waals surface area contributed by atoms with Crippen LogP contribution in [-0.4, -0.2) is 19.0 Å². The predicted octanol–water partition coefficient (Wildman–Crippen LogP) is 2.60. The van der Waals surface area contributed by atoms with Gasteiger partial charge in [-0.1, -0.05) is 51.9 Å². The average Bonchev–Trinajstić information content (AvgIpc) is 1.86. The zero-order valence-corrected chi connectivity index (χ0v) is 9.83. The van der Waals surface area contributed by atoms with Crippen LogP contribution < -0.4 is 0 Å². The molecule has 0 N–H and O–H groups in total. The minimum atomic E-state index is -1.90. The zero-order valence-electron chi connectivity index (χ0n) is 9.83. The largest absolute Gasteiger partial charge is 0.0743 e. The Morgan fingerprint density at radius 1 is 1.10 bits per heavy atom. The van der Waals surface area contributed by atoms with E-state index in [9.17, 15) is 0 Å². The number of hydrogen-bond donors (Lipinski definition) is 0. The SMILES string of the molecule is [2H][Si](C)(C)[Si]([2H])(CCC)CCC. The van der Waals surface area contributed by atoms with E-state index < -0.39 is 16.5 Å². The monoisotopic (exact) mass is 176 g/mol. The molecular formula is C8H22Si2. The molecule has 0 spiro atoms. The lowest BCUT2D eigenvalue weighted by Crippen LogP contribution is -2.28. The molecule has 0 fully saturated rings. The molecule has 0 saturated heterocycles. The van der Waals surface area contributed by atoms with Gasteiger partial charge >= 0.3 is 0 Å². The first-order valence-corrected chi connectivity index (χ1v) is 9.79. The fourth-order valence-electron chi connectivity index (χ4n) is 1.23. The summed E-state index contributed by atoms with van der Waals surface area (Å²) in [5, 5.41) is 0. The maximum Gasteiger partial charge on any atom is 0.0274 e. The first kappa shape index (κ1) is 7.10. The molecule has 0 aliphatic heterocycles. The van der Waals surface area contributed by atoms with Crippen LogP contribution in [0.25, 0.3) is 0 Å². The van der Waals surface area contributed by atoms with Gasteiger partial charge in [-0.05, 0) is 0 Å². The molecule has 0 aromatic heterocycles. The highest BCUT2D eigenvalue weighted by molar-refractivity contribution is 7.21. The molecule has 10 heavy (non-hydrogen) atoms. The second-order valence-corrected chi connectivity index (χ2v) is 12.4. The normalized spacial score (nSPS) is 16.4. The Kier molecular flexibility index (Phi) is 4.38. The van der Waals surface area contributed by atoms with Crippen LogP contribution in [0.3, 0.4) is 0 Å². The topological polar surface area (TPSA) is 0 Å². The van der Waals surface area contributed by atoms with Crippen molar-refractivity contribution in [3.05, 3.63) is 0 Å². The molecular weight excluding hydrogens is 152 g/mol. The fourth-order valence-corrected chi connectivity index (χ4v) is 8.19. The van der Waals surface area contributed by atoms with E-state index in [1.54, 1.807) is 0 Å². The molecule has 0 saturated carbocycles. The van der Waals surface area contributed by atoms with Crippen molar-refractivity contribution >= 4 is 16.5 Å². The summed E-state index contributed by atoms with van der Waals surface area (Å²) in [6.07, 6.45) is 2.20. The van der Waals surface area contributed by atoms with Gasteiger partial charge < -0.3 is 0 Å². The van der Waals surface area contributed by atoms with Crippen molar-refractivity contribution in [2.75, 3.05) is 0 Å². The van der Waals surface area contributed by atoms with Crippen LogP contribution in [0.4, 0.5) is 0 Å². The molecule has 0 rings (SSSR count). The van der Waals surface area contributed by atoms with Gasteiger partial charge in [-0.15, -0.1) is 0 Å². The van der Waals surface area contributed by atoms with E-state index in [4.69, 9.17) is 2.47 Å². The fraction of sp³-hybridized carbons (Fsp3) is 1.00. The van der Waals surface area contributed by atoms with Gasteiger partial charge in [-0.2, -0.15) is 0 Å². The van der Waals surface area contributed by atoms with Crippen LogP contribution >= 0.6 is 0 Å². The maximum absolute atomic E-state index is 8.39. The molecule has 0 atom stereocenters. The van der Waals surface area contributed by atoms with Gasteiger partial charge in [0.2, 0.25) is 0 Å². The molecule has 0 nitrogen and oxygen atoms in total. The highest BCUT2D eigenvalue weighted by Gasteiger charge is 2.12. The third-order valence-corrected chi connectivity index (χ3v) is 11.2. The van der Waals surface area contributed by atoms with Gasteiger partial charge in [-0.3, -0.25) is 0 Å². The van der Waals surface area contributed by atoms with E-state index in [0.29, 0.717) is 0 Å². The molecule has 0 radical (unpaired) electrons. The van der Waals surface area contributed by atoms with Crippen LogP contribution in [0.2, 0.25) is 25.2 Å². The first-order chi connectivity index (χ1) is 5.37. The van der Waals surface area contributed by atoms with Gasteiger partial charge in [0.25, 0.3) is 0 Å². The Bertz CT molecular complexity index is 126. The van der Waals surface area contributed by atoms with E-state index in [2.05, 4.69) is 26.9 Å². The Hall–Kier alpha value is 0.434. The molecule has 62 valence electrons. The summed E-state index contributed by atoms with van der Waals surface area (Å²) >= 11 is 0. The van der Waals surface area contributed by atoms with E-state index in [0.717, 1.165) is 24.9 Å². The summed E-state index contributed by atoms with van der Waals surface area (Å²) < 4.78 is 16.5. The summed E-state index contributed by atoms with van der Waals surface area (Å²) in [4.78, 5) is 0. The third kappa shape index (κ3) is 4.28. The smallest absolute Gasteiger partial charge is 0.0274 e. The minimum absolute atomic E-state index is 1.05. The van der Waals surface area contributed by atoms with Crippen LogP contribution in [0.5, 0.6) is 0 Å². The van der Waals surface area contributed by atoms with E-state index in [1.807, 2.05) is 0 Å². The van der Waals surface area contributed by atoms with E-state index in [1.165, 1.54) is 0 Å². The van der Waals surface area contributed by atoms with Crippen molar-refractivity contribution in [2.24, 2.45) is 0 Å². The van der Waals surface area contributed by atoms with E-state index >= 15 is 0 Å². The molecule has 0 bridgehead atoms. The molecule has 0 amide bonds. The number of rotatable bonds is 5. The standard InChI is InChI=1S/C8H22Si2/c1-5-7-10(8-6-2)9(3)4/h9-10H,5-8H2,1-4H3/i9D,10D. The third-order valence-electron chi connectivity index (χ3n) is 1.81. The molecule has 0 aromatic carbocycles. The average molecular weight is 176 g/mol. The lowest BCUT2D eigenvalue weighted by molar-refractivity contribution is 1.02. The lowest BCUT2D eigenvalue weighted by Gasteiger charge is -2.15. The summed E-state index contributed by atoms with van der Waals surface area (Å²) in [6.45, 7) is 8.40. The second-order valence-electron chi connectivity index (χ2n) is 3.10. The molecule has 2 heteroatoms. The van der Waals surface area contributed by atoms with Crippen LogP contribution in [0.1, 0.15) is 26.7 Å². The van der Waals surface area contributed by atoms with Crippen molar-refractivity contribution < 1.29 is 0 Å². The zero-order chi connectivity index (χ0) is 9.83. The van der Waals surface area contributed by atoms with Crippen LogP contribution in [-0.2, 0) is 0 Å². The quantitative estimate of drug-likeness (QED) is 0.565. The predicted molar refractivity (Wildman–Crippen MR) is 56.2 cm³/mol. The van der Waals surface area contributed by atoms with Gasteiger partial charge in [0.15, 0.2) is 0 Å². The Balaban J connectivity index is 4.38. The Morgan fingerprint density at radius 2 is 1.50 bits per heavy atom. The van der Waals surface area contributed by atoms with Gasteiger partial charge in [-0.25, -0.2) is 0 Å². The second kappa shape index (κ2) is 6.16. The highest BCUT2D eigenvalue weighted by atomic mass is 29.2. The van der Waals surface area contributed by atoms with Crippen molar-refractivity contribution in [3.8, 4) is 0 Å². The van der Waals surface area contributed by atoms with Crippen LogP contribution in [0.15, 0.2) is 0 Å². The Morgan fingerprint density at radius 3 is 1.70 bits per heavy atom. The van der Waals surface area contributed by atoms with Crippen molar-refractivity contribution in [1.29, 1.82) is 2.47 Å². The van der Waals surface area contributed by atoms with Crippen molar-refractivity contribution in [3.63, 3.8) is 0 Å². The molecule has 0 heterocycles. The van der Waals surface area contributed by atoms with Gasteiger partial charge in [0, 0.05) is 19.0 Å². The van der Waals surface area contributed by atoms with Crippen molar-refractivity contribution in [1.82, 2.24) is 0 Å². The van der Waals surface area contributed by atoms with Crippen molar-refractivity contribution in [2.45, 2.75) is 51.9 Å². The number of hydrogen-bond acceptors (Lipinski definition) is 0. The highest BCUT2D eigenvalue weighted by Crippen LogP contribution is 2.08. The van der Waals surface area contributed by atoms with E-state index in [-0.39, 0.29) is 0 Å². The summed E-state index contributed by atoms with van der Waals surface area (Å²) in [7, 11) is -3.79. The minimum Gasteiger partial charge on any atom is -0.0743 e. The first-order valence-electron chi connectivity index (χ1n) is 5.37. The van der Waals surface area contributed by atoms with Gasteiger partial charge in [0.05, 0.1) is 0 Å². The molecule has 0 aromatic rings. The Labute approximate surface area is 71.5 Å². The van der Waals surface area contributed by atoms with Crippen LogP contribution in [0, 0.1) is 0 Å². The maximum atomic E-state index is 8.39. The lowest BCUT2D eigenvalue weighted by atomic mass is 10.6. The molecule has 0 aliphatic carbocycles. The molecule has 0 aliphatic rings. The summed E-state index contributed by atoms with van der Waals surface area (Å²) in [5.74, 6) is 0.